The van der Waals surface area contributed by atoms with Crippen molar-refractivity contribution in [3.8, 4) is 0 Å². The Kier molecular flexibility index (Phi) is 1.48. The van der Waals surface area contributed by atoms with E-state index in [-0.39, 0.29) is 17.9 Å². The first kappa shape index (κ1) is 6.85. The summed E-state index contributed by atoms with van der Waals surface area (Å²) in [5.41, 5.74) is 10.1. The molecule has 0 saturated heterocycles. The van der Waals surface area contributed by atoms with E-state index in [1.807, 2.05) is 0 Å². The number of carbonyl (C=O) groups is 1. The Hall–Kier alpha value is -1.26. The Morgan fingerprint density at radius 2 is 2.20 bits per heavy atom. The van der Waals surface area contributed by atoms with E-state index >= 15 is 0 Å². The molecule has 0 bridgehead atoms. The summed E-state index contributed by atoms with van der Waals surface area (Å²) in [5.74, 6) is -1.22. The van der Waals surface area contributed by atoms with Gasteiger partial charge in [0.1, 0.15) is 0 Å². The van der Waals surface area contributed by atoms with Crippen LogP contribution in [0.15, 0.2) is 4.99 Å². The highest BCUT2D eigenvalue weighted by Crippen LogP contribution is 2.33. The van der Waals surface area contributed by atoms with E-state index in [1.54, 1.807) is 0 Å². The number of guanidine groups is 1. The molecule has 0 radical (unpaired) electrons. The van der Waals surface area contributed by atoms with E-state index in [9.17, 15) is 4.79 Å². The zero-order chi connectivity index (χ0) is 7.72. The lowest BCUT2D eigenvalue weighted by molar-refractivity contribution is -0.138. The van der Waals surface area contributed by atoms with Crippen LogP contribution in [-0.4, -0.2) is 23.1 Å². The molecule has 1 saturated carbocycles. The van der Waals surface area contributed by atoms with E-state index in [4.69, 9.17) is 16.6 Å². The van der Waals surface area contributed by atoms with Gasteiger partial charge in [-0.25, -0.2) is 4.99 Å². The van der Waals surface area contributed by atoms with Gasteiger partial charge >= 0.3 is 5.97 Å². The maximum atomic E-state index is 10.2. The van der Waals surface area contributed by atoms with Gasteiger partial charge in [-0.15, -0.1) is 0 Å². The van der Waals surface area contributed by atoms with Gasteiger partial charge in [-0.2, -0.15) is 0 Å². The smallest absolute Gasteiger partial charge is 0.308 e. The molecule has 56 valence electrons. The minimum absolute atomic E-state index is 0.0336. The molecule has 1 aliphatic carbocycles. The van der Waals surface area contributed by atoms with Crippen molar-refractivity contribution >= 4 is 11.9 Å². The molecular weight excluding hydrogens is 134 g/mol. The second kappa shape index (κ2) is 2.17. The predicted molar refractivity (Wildman–Crippen MR) is 35.3 cm³/mol. The molecule has 0 heterocycles. The largest absolute Gasteiger partial charge is 0.481 e. The lowest BCUT2D eigenvalue weighted by Gasteiger charge is -1.88. The summed E-state index contributed by atoms with van der Waals surface area (Å²) in [4.78, 5) is 13.9. The molecule has 0 aromatic heterocycles. The van der Waals surface area contributed by atoms with Gasteiger partial charge in [0.15, 0.2) is 5.96 Å². The highest BCUT2D eigenvalue weighted by Gasteiger charge is 2.43. The quantitative estimate of drug-likeness (QED) is 0.331. The zero-order valence-corrected chi connectivity index (χ0v) is 5.32. The lowest BCUT2D eigenvalue weighted by atomic mass is 10.4. The van der Waals surface area contributed by atoms with E-state index in [1.165, 1.54) is 0 Å². The Balaban J connectivity index is 2.40. The third kappa shape index (κ3) is 1.37. The summed E-state index contributed by atoms with van der Waals surface area (Å²) in [7, 11) is 0. The number of carboxylic acid groups (broad SMARTS) is 1. The van der Waals surface area contributed by atoms with Crippen LogP contribution in [0.2, 0.25) is 0 Å². The van der Waals surface area contributed by atoms with Crippen molar-refractivity contribution in [2.24, 2.45) is 22.4 Å². The number of aliphatic imine (C=N–C) groups is 1. The molecule has 2 atom stereocenters. The minimum Gasteiger partial charge on any atom is -0.481 e. The Morgan fingerprint density at radius 1 is 1.60 bits per heavy atom. The molecule has 5 heteroatoms. The third-order valence-electron chi connectivity index (χ3n) is 1.39. The predicted octanol–water partition coefficient (Wildman–Crippen LogP) is -1.27. The number of hydrogen-bond acceptors (Lipinski definition) is 2. The van der Waals surface area contributed by atoms with Gasteiger partial charge < -0.3 is 16.6 Å². The highest BCUT2D eigenvalue weighted by atomic mass is 16.4. The van der Waals surface area contributed by atoms with Crippen molar-refractivity contribution in [2.45, 2.75) is 12.5 Å². The summed E-state index contributed by atoms with van der Waals surface area (Å²) in [6, 6.07) is -0.178. The van der Waals surface area contributed by atoms with E-state index in [0.717, 1.165) is 0 Å². The average Bonchev–Trinajstić information content (AvgIpc) is 2.43. The molecular formula is C5H9N3O2. The standard InChI is InChI=1S/C5H9N3O2/c6-5(7)8-3-1-2(3)4(9)10/h2-3H,1H2,(H,9,10)(H4,6,7,8)/t2-,3-/m1/s1. The van der Waals surface area contributed by atoms with Gasteiger partial charge in [0.25, 0.3) is 0 Å². The number of aliphatic carboxylic acids is 1. The molecule has 1 rings (SSSR count). The van der Waals surface area contributed by atoms with E-state index in [2.05, 4.69) is 4.99 Å². The molecule has 0 spiro atoms. The summed E-state index contributed by atoms with van der Waals surface area (Å²) in [6.07, 6.45) is 0.563. The third-order valence-corrected chi connectivity index (χ3v) is 1.39. The maximum Gasteiger partial charge on any atom is 0.308 e. The fourth-order valence-corrected chi connectivity index (χ4v) is 0.781. The molecule has 5 N–H and O–H groups in total. The average molecular weight is 143 g/mol. The normalized spacial score (nSPS) is 29.2. The maximum absolute atomic E-state index is 10.2. The number of nitrogens with zero attached hydrogens (tertiary/aromatic N) is 1. The van der Waals surface area contributed by atoms with Crippen molar-refractivity contribution in [1.82, 2.24) is 0 Å². The first-order chi connectivity index (χ1) is 4.61. The summed E-state index contributed by atoms with van der Waals surface area (Å²) < 4.78 is 0. The number of nitrogens with two attached hydrogens (primary N) is 2. The van der Waals surface area contributed by atoms with Crippen LogP contribution < -0.4 is 11.5 Å². The molecule has 1 aliphatic rings. The van der Waals surface area contributed by atoms with Crippen LogP contribution in [-0.2, 0) is 4.79 Å². The minimum atomic E-state index is -0.824. The summed E-state index contributed by atoms with van der Waals surface area (Å²) in [6.45, 7) is 0. The van der Waals surface area contributed by atoms with Gasteiger partial charge in [0.05, 0.1) is 12.0 Å². The molecule has 1 fully saturated rings. The topological polar surface area (TPSA) is 102 Å². The van der Waals surface area contributed by atoms with Crippen molar-refractivity contribution in [2.75, 3.05) is 0 Å². The van der Waals surface area contributed by atoms with Gasteiger partial charge in [-0.05, 0) is 6.42 Å². The van der Waals surface area contributed by atoms with Crippen LogP contribution in [0.3, 0.4) is 0 Å². The number of rotatable bonds is 2. The summed E-state index contributed by atoms with van der Waals surface area (Å²) >= 11 is 0. The van der Waals surface area contributed by atoms with Crippen molar-refractivity contribution in [3.63, 3.8) is 0 Å². The Morgan fingerprint density at radius 3 is 2.50 bits per heavy atom. The molecule has 10 heavy (non-hydrogen) atoms. The second-order valence-electron chi connectivity index (χ2n) is 2.30. The van der Waals surface area contributed by atoms with Gasteiger partial charge in [-0.1, -0.05) is 0 Å². The van der Waals surface area contributed by atoms with E-state index in [0.29, 0.717) is 6.42 Å². The number of hydrogen-bond donors (Lipinski definition) is 3. The van der Waals surface area contributed by atoms with Crippen LogP contribution in [0.25, 0.3) is 0 Å². The SMILES string of the molecule is NC(N)=N[C@@H]1C[C@H]1C(=O)O. The Labute approximate surface area is 57.7 Å². The van der Waals surface area contributed by atoms with Crippen molar-refractivity contribution < 1.29 is 9.90 Å². The molecule has 0 aliphatic heterocycles. The summed E-state index contributed by atoms with van der Waals surface area (Å²) in [5, 5.41) is 8.39. The van der Waals surface area contributed by atoms with Crippen LogP contribution in [0.1, 0.15) is 6.42 Å². The molecule has 0 unspecified atom stereocenters. The first-order valence-corrected chi connectivity index (χ1v) is 2.93. The van der Waals surface area contributed by atoms with Crippen LogP contribution in [0.5, 0.6) is 0 Å². The monoisotopic (exact) mass is 143 g/mol. The van der Waals surface area contributed by atoms with E-state index < -0.39 is 5.97 Å². The Bertz CT molecular complexity index is 185. The number of carboxylic acids is 1. The molecule has 0 aromatic carbocycles. The van der Waals surface area contributed by atoms with Crippen LogP contribution >= 0.6 is 0 Å². The van der Waals surface area contributed by atoms with Gasteiger partial charge in [0, 0.05) is 0 Å². The second-order valence-corrected chi connectivity index (χ2v) is 2.30. The van der Waals surface area contributed by atoms with Crippen molar-refractivity contribution in [1.29, 1.82) is 0 Å². The van der Waals surface area contributed by atoms with Crippen molar-refractivity contribution in [3.05, 3.63) is 0 Å². The van der Waals surface area contributed by atoms with Gasteiger partial charge in [0.2, 0.25) is 0 Å². The highest BCUT2D eigenvalue weighted by molar-refractivity contribution is 5.79. The van der Waals surface area contributed by atoms with Gasteiger partial charge in [-0.3, -0.25) is 4.79 Å². The molecule has 0 amide bonds. The zero-order valence-electron chi connectivity index (χ0n) is 5.32. The van der Waals surface area contributed by atoms with Crippen LogP contribution in [0, 0.1) is 5.92 Å². The molecule has 5 nitrogen and oxygen atoms in total. The lowest BCUT2D eigenvalue weighted by Crippen LogP contribution is -2.23. The first-order valence-electron chi connectivity index (χ1n) is 2.93. The fourth-order valence-electron chi connectivity index (χ4n) is 0.781. The fraction of sp³-hybridized carbons (Fsp3) is 0.600. The van der Waals surface area contributed by atoms with Crippen LogP contribution in [0.4, 0.5) is 0 Å². The molecule has 0 aromatic rings.